The van der Waals surface area contributed by atoms with E-state index in [9.17, 15) is 15.0 Å². The zero-order valence-electron chi connectivity index (χ0n) is 14.8. The van der Waals surface area contributed by atoms with Crippen LogP contribution in [0.25, 0.3) is 10.9 Å². The fourth-order valence-corrected chi connectivity index (χ4v) is 3.61. The summed E-state index contributed by atoms with van der Waals surface area (Å²) in [5.74, 6) is 0.215. The van der Waals surface area contributed by atoms with E-state index in [1.807, 2.05) is 6.07 Å². The second-order valence-corrected chi connectivity index (χ2v) is 8.02. The summed E-state index contributed by atoms with van der Waals surface area (Å²) in [6.07, 6.45) is 6.17. The first-order valence-corrected chi connectivity index (χ1v) is 9.59. The highest BCUT2D eigenvalue weighted by Crippen LogP contribution is 2.40. The number of halogens is 1. The molecule has 1 fully saturated rings. The van der Waals surface area contributed by atoms with Crippen molar-refractivity contribution in [3.8, 4) is 0 Å². The number of carbonyl (C=O) groups is 1. The maximum atomic E-state index is 12.5. The first-order chi connectivity index (χ1) is 12.9. The monoisotopic (exact) mass is 429 g/mol. The topological polar surface area (TPSA) is 87.4 Å². The third kappa shape index (κ3) is 3.50. The van der Waals surface area contributed by atoms with E-state index in [4.69, 9.17) is 0 Å². The van der Waals surface area contributed by atoms with Crippen LogP contribution in [0.2, 0.25) is 0 Å². The maximum absolute atomic E-state index is 12.5. The quantitative estimate of drug-likeness (QED) is 0.578. The molecule has 1 aliphatic carbocycles. The van der Waals surface area contributed by atoms with Crippen LogP contribution < -0.4 is 5.32 Å². The zero-order chi connectivity index (χ0) is 19.2. The Morgan fingerprint density at radius 2 is 2.07 bits per heavy atom. The largest absolute Gasteiger partial charge is 0.393 e. The Hall–Kier alpha value is -2.22. The van der Waals surface area contributed by atoms with Crippen LogP contribution in [0.15, 0.2) is 47.2 Å². The first-order valence-electron chi connectivity index (χ1n) is 8.80. The molecule has 1 atom stereocenters. The fraction of sp³-hybridized carbons (Fsp3) is 0.300. The molecule has 1 saturated carbocycles. The molecular formula is C20H20BrN3O3. The SMILES string of the molecule is CC(O)(CO)c1ccc(C(=O)Nc2cc3c(cn2)c(Br)cn3C2CC2)cc1. The molecule has 0 spiro atoms. The Balaban J connectivity index is 1.56. The summed E-state index contributed by atoms with van der Waals surface area (Å²) < 4.78 is 3.23. The summed E-state index contributed by atoms with van der Waals surface area (Å²) in [6.45, 7) is 1.13. The highest BCUT2D eigenvalue weighted by Gasteiger charge is 2.26. The number of carbonyl (C=O) groups excluding carboxylic acids is 1. The summed E-state index contributed by atoms with van der Waals surface area (Å²) in [7, 11) is 0. The second-order valence-electron chi connectivity index (χ2n) is 7.17. The molecule has 1 unspecified atom stereocenters. The van der Waals surface area contributed by atoms with E-state index in [1.54, 1.807) is 30.5 Å². The van der Waals surface area contributed by atoms with Crippen molar-refractivity contribution < 1.29 is 15.0 Å². The van der Waals surface area contributed by atoms with Crippen LogP contribution in [0.3, 0.4) is 0 Å². The number of nitrogens with zero attached hydrogens (tertiary/aromatic N) is 2. The van der Waals surface area contributed by atoms with Crippen LogP contribution in [0.4, 0.5) is 5.82 Å². The van der Waals surface area contributed by atoms with Gasteiger partial charge >= 0.3 is 0 Å². The van der Waals surface area contributed by atoms with Gasteiger partial charge in [0.15, 0.2) is 0 Å². The highest BCUT2D eigenvalue weighted by molar-refractivity contribution is 9.10. The van der Waals surface area contributed by atoms with Gasteiger partial charge in [-0.05, 0) is 53.4 Å². The van der Waals surface area contributed by atoms with Gasteiger partial charge in [-0.2, -0.15) is 0 Å². The smallest absolute Gasteiger partial charge is 0.256 e. The lowest BCUT2D eigenvalue weighted by Gasteiger charge is -2.20. The molecule has 2 aromatic heterocycles. The first kappa shape index (κ1) is 18.2. The average molecular weight is 430 g/mol. The van der Waals surface area contributed by atoms with E-state index in [1.165, 1.54) is 19.8 Å². The number of rotatable bonds is 5. The number of aliphatic hydroxyl groups is 2. The molecule has 2 heterocycles. The lowest BCUT2D eigenvalue weighted by molar-refractivity contribution is -0.00229. The number of hydrogen-bond acceptors (Lipinski definition) is 4. The van der Waals surface area contributed by atoms with E-state index in [2.05, 4.69) is 37.0 Å². The van der Waals surface area contributed by atoms with Gasteiger partial charge in [-0.15, -0.1) is 0 Å². The van der Waals surface area contributed by atoms with Gasteiger partial charge < -0.3 is 20.1 Å². The Labute approximate surface area is 165 Å². The lowest BCUT2D eigenvalue weighted by atomic mass is 9.96. The number of aliphatic hydroxyl groups excluding tert-OH is 1. The number of anilines is 1. The Kier molecular flexibility index (Phi) is 4.53. The molecule has 0 radical (unpaired) electrons. The minimum atomic E-state index is -1.33. The predicted molar refractivity (Wildman–Crippen MR) is 107 cm³/mol. The third-order valence-corrected chi connectivity index (χ3v) is 5.56. The number of amides is 1. The summed E-state index contributed by atoms with van der Waals surface area (Å²) >= 11 is 3.57. The van der Waals surface area contributed by atoms with Crippen LogP contribution in [-0.2, 0) is 5.60 Å². The molecule has 27 heavy (non-hydrogen) atoms. The average Bonchev–Trinajstić information content (AvgIpc) is 3.46. The number of aromatic nitrogens is 2. The number of fused-ring (bicyclic) bond motifs is 1. The van der Waals surface area contributed by atoms with Gasteiger partial charge in [0.05, 0.1) is 12.1 Å². The molecular weight excluding hydrogens is 410 g/mol. The van der Waals surface area contributed by atoms with Gasteiger partial charge in [0.1, 0.15) is 11.4 Å². The van der Waals surface area contributed by atoms with Gasteiger partial charge in [0.2, 0.25) is 0 Å². The molecule has 1 aromatic carbocycles. The van der Waals surface area contributed by atoms with Gasteiger partial charge in [-0.1, -0.05) is 12.1 Å². The Bertz CT molecular complexity index is 1010. The van der Waals surface area contributed by atoms with E-state index >= 15 is 0 Å². The van der Waals surface area contributed by atoms with Gasteiger partial charge in [-0.3, -0.25) is 4.79 Å². The molecule has 0 aliphatic heterocycles. The summed E-state index contributed by atoms with van der Waals surface area (Å²) in [4.78, 5) is 16.9. The van der Waals surface area contributed by atoms with Crippen LogP contribution in [0.5, 0.6) is 0 Å². The van der Waals surface area contributed by atoms with E-state index < -0.39 is 12.2 Å². The summed E-state index contributed by atoms with van der Waals surface area (Å²) in [5, 5.41) is 23.2. The standard InChI is InChI=1S/C20H20BrN3O3/c1-20(27,11-25)13-4-2-12(3-5-13)19(26)23-18-8-17-15(9-22-18)16(21)10-24(17)14-6-7-14/h2-5,8-10,14,25,27H,6-7,11H2,1H3,(H,22,23,26). The van der Waals surface area contributed by atoms with Crippen molar-refractivity contribution in [1.29, 1.82) is 0 Å². The van der Waals surface area contributed by atoms with Crippen molar-refractivity contribution in [3.05, 3.63) is 58.3 Å². The molecule has 3 aromatic rings. The van der Waals surface area contributed by atoms with Gasteiger partial charge in [-0.25, -0.2) is 4.98 Å². The number of nitrogens with one attached hydrogen (secondary N) is 1. The Morgan fingerprint density at radius 3 is 2.70 bits per heavy atom. The van der Waals surface area contributed by atoms with E-state index in [0.717, 1.165) is 15.4 Å². The van der Waals surface area contributed by atoms with Gasteiger partial charge in [0, 0.05) is 39.9 Å². The minimum absolute atomic E-state index is 0.277. The second kappa shape index (κ2) is 6.74. The summed E-state index contributed by atoms with van der Waals surface area (Å²) in [5.41, 5.74) is 0.716. The third-order valence-electron chi connectivity index (χ3n) is 4.93. The Morgan fingerprint density at radius 1 is 1.37 bits per heavy atom. The molecule has 6 nitrogen and oxygen atoms in total. The van der Waals surface area contributed by atoms with Crippen molar-refractivity contribution in [2.75, 3.05) is 11.9 Å². The fourth-order valence-electron chi connectivity index (χ4n) is 3.09. The van der Waals surface area contributed by atoms with Crippen molar-refractivity contribution in [2.24, 2.45) is 0 Å². The number of hydrogen-bond donors (Lipinski definition) is 3. The molecule has 7 heteroatoms. The van der Waals surface area contributed by atoms with E-state index in [0.29, 0.717) is 23.0 Å². The zero-order valence-corrected chi connectivity index (χ0v) is 16.4. The summed E-state index contributed by atoms with van der Waals surface area (Å²) in [6, 6.07) is 8.93. The normalized spacial score (nSPS) is 16.3. The highest BCUT2D eigenvalue weighted by atomic mass is 79.9. The van der Waals surface area contributed by atoms with Crippen molar-refractivity contribution in [3.63, 3.8) is 0 Å². The molecule has 0 bridgehead atoms. The van der Waals surface area contributed by atoms with Crippen LogP contribution in [-0.4, -0.2) is 32.3 Å². The molecule has 3 N–H and O–H groups in total. The minimum Gasteiger partial charge on any atom is -0.393 e. The van der Waals surface area contributed by atoms with Crippen molar-refractivity contribution in [1.82, 2.24) is 9.55 Å². The van der Waals surface area contributed by atoms with Crippen molar-refractivity contribution in [2.45, 2.75) is 31.4 Å². The van der Waals surface area contributed by atoms with Gasteiger partial charge in [0.25, 0.3) is 5.91 Å². The maximum Gasteiger partial charge on any atom is 0.256 e. The van der Waals surface area contributed by atoms with Crippen LogP contribution in [0, 0.1) is 0 Å². The van der Waals surface area contributed by atoms with Crippen LogP contribution >= 0.6 is 15.9 Å². The number of benzene rings is 1. The van der Waals surface area contributed by atoms with E-state index in [-0.39, 0.29) is 5.91 Å². The number of pyridine rings is 1. The lowest BCUT2D eigenvalue weighted by Crippen LogP contribution is -2.25. The van der Waals surface area contributed by atoms with Crippen LogP contribution in [0.1, 0.15) is 41.7 Å². The molecule has 1 amide bonds. The molecule has 4 rings (SSSR count). The predicted octanol–water partition coefficient (Wildman–Crippen LogP) is 3.59. The molecule has 0 saturated heterocycles. The molecule has 1 aliphatic rings. The molecule has 140 valence electrons. The van der Waals surface area contributed by atoms with Crippen molar-refractivity contribution >= 4 is 38.6 Å².